The van der Waals surface area contributed by atoms with E-state index in [0.717, 1.165) is 25.2 Å². The molecule has 0 aromatic heterocycles. The number of aliphatic hydroxyl groups excluding tert-OH is 1. The quantitative estimate of drug-likeness (QED) is 0.675. The minimum Gasteiger partial charge on any atom is -0.491 e. The van der Waals surface area contributed by atoms with Crippen LogP contribution >= 0.6 is 0 Å². The second-order valence-corrected chi connectivity index (χ2v) is 9.54. The van der Waals surface area contributed by atoms with Gasteiger partial charge in [0, 0.05) is 51.9 Å². The molecule has 3 aliphatic heterocycles. The Morgan fingerprint density at radius 1 is 1.12 bits per heavy atom. The lowest BCUT2D eigenvalue weighted by atomic mass is 10.00. The van der Waals surface area contributed by atoms with E-state index in [1.54, 1.807) is 29.0 Å². The average molecular weight is 465 g/mol. The summed E-state index contributed by atoms with van der Waals surface area (Å²) in [5, 5.41) is 14.2. The summed E-state index contributed by atoms with van der Waals surface area (Å²) < 4.78 is 5.83. The van der Waals surface area contributed by atoms with Crippen molar-refractivity contribution in [2.45, 2.75) is 31.5 Å². The summed E-state index contributed by atoms with van der Waals surface area (Å²) in [6.07, 6.45) is 0.777. The first-order chi connectivity index (χ1) is 16.5. The molecule has 0 saturated carbocycles. The largest absolute Gasteiger partial charge is 0.491 e. The molecule has 2 aromatic rings. The van der Waals surface area contributed by atoms with E-state index in [0.29, 0.717) is 44.0 Å². The van der Waals surface area contributed by atoms with Gasteiger partial charge in [0.05, 0.1) is 24.3 Å². The van der Waals surface area contributed by atoms with Crippen LogP contribution in [0.2, 0.25) is 0 Å². The second kappa shape index (κ2) is 9.64. The highest BCUT2D eigenvalue weighted by molar-refractivity contribution is 5.98. The van der Waals surface area contributed by atoms with E-state index >= 15 is 0 Å². The molecule has 8 heteroatoms. The Hall–Kier alpha value is -3.10. The van der Waals surface area contributed by atoms with Crippen LogP contribution in [-0.4, -0.2) is 90.1 Å². The Kier molecular flexibility index (Phi) is 6.43. The zero-order chi connectivity index (χ0) is 23.7. The number of hydrogen-bond acceptors (Lipinski definition) is 6. The maximum absolute atomic E-state index is 13.4. The number of likely N-dealkylation sites (N-methyl/N-ethyl adjacent to an activating group) is 1. The van der Waals surface area contributed by atoms with Gasteiger partial charge in [-0.05, 0) is 35.7 Å². The number of likely N-dealkylation sites (tertiary alicyclic amines) is 1. The van der Waals surface area contributed by atoms with E-state index in [2.05, 4.69) is 34.5 Å². The molecule has 8 nitrogen and oxygen atoms in total. The highest BCUT2D eigenvalue weighted by Gasteiger charge is 2.29. The van der Waals surface area contributed by atoms with Gasteiger partial charge < -0.3 is 25.0 Å². The Morgan fingerprint density at radius 3 is 2.74 bits per heavy atom. The lowest BCUT2D eigenvalue weighted by molar-refractivity contribution is -0.126. The molecule has 2 aromatic carbocycles. The van der Waals surface area contributed by atoms with Gasteiger partial charge in [0.25, 0.3) is 5.91 Å². The third kappa shape index (κ3) is 4.88. The zero-order valence-electron chi connectivity index (χ0n) is 19.6. The average Bonchev–Trinajstić information content (AvgIpc) is 3.06. The molecular formula is C26H32N4O4. The Morgan fingerprint density at radius 2 is 1.94 bits per heavy atom. The summed E-state index contributed by atoms with van der Waals surface area (Å²) in [5.74, 6) is 0.530. The van der Waals surface area contributed by atoms with E-state index in [9.17, 15) is 14.7 Å². The molecule has 3 heterocycles. The smallest absolute Gasteiger partial charge is 0.257 e. The number of carbonyl (C=O) groups is 2. The minimum absolute atomic E-state index is 0.0185. The number of hydrogen-bond donors (Lipinski definition) is 2. The number of fused-ring (bicyclic) bond motifs is 2. The van der Waals surface area contributed by atoms with Gasteiger partial charge in [-0.3, -0.25) is 14.5 Å². The topological polar surface area (TPSA) is 85.3 Å². The zero-order valence-corrected chi connectivity index (χ0v) is 19.6. The van der Waals surface area contributed by atoms with Crippen molar-refractivity contribution in [3.05, 3.63) is 59.2 Å². The normalized spacial score (nSPS) is 21.5. The lowest BCUT2D eigenvalue weighted by Crippen LogP contribution is -2.44. The molecule has 5 rings (SSSR count). The predicted molar refractivity (Wildman–Crippen MR) is 129 cm³/mol. The molecule has 3 aliphatic rings. The van der Waals surface area contributed by atoms with Crippen LogP contribution in [-0.2, 0) is 17.8 Å². The number of rotatable bonds is 6. The van der Waals surface area contributed by atoms with Crippen molar-refractivity contribution in [3.8, 4) is 5.75 Å². The summed E-state index contributed by atoms with van der Waals surface area (Å²) >= 11 is 0. The molecule has 0 bridgehead atoms. The Labute approximate surface area is 200 Å². The van der Waals surface area contributed by atoms with Crippen molar-refractivity contribution in [1.82, 2.24) is 14.7 Å². The fourth-order valence-electron chi connectivity index (χ4n) is 5.14. The van der Waals surface area contributed by atoms with Crippen LogP contribution in [0.1, 0.15) is 27.9 Å². The molecule has 1 fully saturated rings. The van der Waals surface area contributed by atoms with Gasteiger partial charge in [-0.25, -0.2) is 0 Å². The van der Waals surface area contributed by atoms with Crippen LogP contribution in [0.25, 0.3) is 0 Å². The minimum atomic E-state index is -0.642. The third-order valence-corrected chi connectivity index (χ3v) is 6.94. The van der Waals surface area contributed by atoms with Crippen molar-refractivity contribution >= 4 is 17.5 Å². The van der Waals surface area contributed by atoms with Gasteiger partial charge in [-0.2, -0.15) is 0 Å². The summed E-state index contributed by atoms with van der Waals surface area (Å²) in [6, 6.07) is 13.9. The monoisotopic (exact) mass is 464 g/mol. The van der Waals surface area contributed by atoms with Crippen molar-refractivity contribution in [2.24, 2.45) is 0 Å². The van der Waals surface area contributed by atoms with Gasteiger partial charge in [0.1, 0.15) is 12.4 Å². The molecule has 2 unspecified atom stereocenters. The lowest BCUT2D eigenvalue weighted by Gasteiger charge is -2.32. The standard InChI is InChI=1S/C26H32N4O4/c1-28-15-21(13-25(28)32)27-20-6-7-24-23(12-20)26(33)30(10-11-34-24)17-22(31)16-29-9-8-18-4-2-3-5-19(18)14-29/h2-7,12,21-22,27,31H,8-11,13-17H2,1H3. The number of nitrogens with one attached hydrogen (secondary N) is 1. The number of carbonyl (C=O) groups excluding carboxylic acids is 2. The predicted octanol–water partition coefficient (Wildman–Crippen LogP) is 1.58. The Bertz CT molecular complexity index is 1070. The van der Waals surface area contributed by atoms with Gasteiger partial charge in [-0.15, -0.1) is 0 Å². The fraction of sp³-hybridized carbons (Fsp3) is 0.462. The van der Waals surface area contributed by atoms with Gasteiger partial charge in [0.15, 0.2) is 0 Å². The van der Waals surface area contributed by atoms with E-state index in [-0.39, 0.29) is 24.4 Å². The van der Waals surface area contributed by atoms with Crippen LogP contribution in [0.4, 0.5) is 5.69 Å². The maximum atomic E-state index is 13.4. The van der Waals surface area contributed by atoms with E-state index in [1.165, 1.54) is 11.1 Å². The second-order valence-electron chi connectivity index (χ2n) is 9.54. The molecule has 2 amide bonds. The highest BCUT2D eigenvalue weighted by atomic mass is 16.5. The van der Waals surface area contributed by atoms with E-state index in [1.807, 2.05) is 6.07 Å². The van der Waals surface area contributed by atoms with Crippen molar-refractivity contribution in [3.63, 3.8) is 0 Å². The Balaban J connectivity index is 1.22. The van der Waals surface area contributed by atoms with Gasteiger partial charge in [-0.1, -0.05) is 24.3 Å². The molecule has 2 atom stereocenters. The van der Waals surface area contributed by atoms with Crippen molar-refractivity contribution < 1.29 is 19.4 Å². The van der Waals surface area contributed by atoms with Crippen LogP contribution in [0.5, 0.6) is 5.75 Å². The van der Waals surface area contributed by atoms with Gasteiger partial charge >= 0.3 is 0 Å². The summed E-state index contributed by atoms with van der Waals surface area (Å²) in [5.41, 5.74) is 3.96. The van der Waals surface area contributed by atoms with Crippen LogP contribution in [0.15, 0.2) is 42.5 Å². The van der Waals surface area contributed by atoms with Crippen molar-refractivity contribution in [1.29, 1.82) is 0 Å². The highest BCUT2D eigenvalue weighted by Crippen LogP contribution is 2.28. The first-order valence-corrected chi connectivity index (χ1v) is 12.0. The first-order valence-electron chi connectivity index (χ1n) is 12.0. The first kappa shape index (κ1) is 22.7. The number of nitrogens with zero attached hydrogens (tertiary/aromatic N) is 3. The molecule has 0 radical (unpaired) electrons. The van der Waals surface area contributed by atoms with Crippen LogP contribution in [0.3, 0.4) is 0 Å². The number of ether oxygens (including phenoxy) is 1. The van der Waals surface area contributed by atoms with Gasteiger partial charge in [0.2, 0.25) is 5.91 Å². The molecule has 180 valence electrons. The summed E-state index contributed by atoms with van der Waals surface area (Å²) in [4.78, 5) is 30.8. The van der Waals surface area contributed by atoms with E-state index < -0.39 is 6.10 Å². The number of amides is 2. The summed E-state index contributed by atoms with van der Waals surface area (Å²) in [6.45, 7) is 3.97. The number of benzene rings is 2. The molecule has 0 spiro atoms. The van der Waals surface area contributed by atoms with Crippen LogP contribution < -0.4 is 10.1 Å². The summed E-state index contributed by atoms with van der Waals surface area (Å²) in [7, 11) is 1.80. The molecule has 0 aliphatic carbocycles. The fourth-order valence-corrected chi connectivity index (χ4v) is 5.14. The number of aliphatic hydroxyl groups is 1. The number of β-amino-alcohol motifs (C(OH)–C–C–N with tert-alkyl or cyclic N) is 1. The SMILES string of the molecule is CN1CC(Nc2ccc3c(c2)C(=O)N(CC(O)CN2CCc4ccccc4C2)CCO3)CC1=O. The van der Waals surface area contributed by atoms with Crippen LogP contribution in [0, 0.1) is 0 Å². The number of anilines is 1. The molecule has 34 heavy (non-hydrogen) atoms. The third-order valence-electron chi connectivity index (χ3n) is 6.94. The van der Waals surface area contributed by atoms with Crippen molar-refractivity contribution in [2.75, 3.05) is 51.7 Å². The molecule has 2 N–H and O–H groups in total. The maximum Gasteiger partial charge on any atom is 0.257 e. The molecular weight excluding hydrogens is 432 g/mol. The van der Waals surface area contributed by atoms with E-state index in [4.69, 9.17) is 4.74 Å². The molecule has 1 saturated heterocycles.